The predicted octanol–water partition coefficient (Wildman–Crippen LogP) is 2.20. The summed E-state index contributed by atoms with van der Waals surface area (Å²) >= 11 is 0. The van der Waals surface area contributed by atoms with Gasteiger partial charge in [0.15, 0.2) is 0 Å². The molecule has 0 saturated heterocycles. The Labute approximate surface area is 155 Å². The highest BCUT2D eigenvalue weighted by molar-refractivity contribution is 7.46. The lowest BCUT2D eigenvalue weighted by Gasteiger charge is -2.27. The highest BCUT2D eigenvalue weighted by Crippen LogP contribution is 2.40. The SMILES string of the molecule is CCC(C)COP(=O)([O-])OCC(O)COP(=O)([O-])OCC(C)CC.[NH4+].[NH4+]. The molecule has 0 saturated carbocycles. The first-order valence-electron chi connectivity index (χ1n) is 7.89. The lowest BCUT2D eigenvalue weighted by atomic mass is 10.1. The summed E-state index contributed by atoms with van der Waals surface area (Å²) in [5, 5.41) is 9.54. The van der Waals surface area contributed by atoms with Crippen molar-refractivity contribution in [3.8, 4) is 0 Å². The highest BCUT2D eigenvalue weighted by Gasteiger charge is 2.18. The van der Waals surface area contributed by atoms with Crippen molar-refractivity contribution >= 4 is 15.6 Å². The van der Waals surface area contributed by atoms with Gasteiger partial charge in [-0.1, -0.05) is 40.5 Å². The number of aliphatic hydroxyl groups excluding tert-OH is 1. The molecule has 162 valence electrons. The monoisotopic (exact) mass is 426 g/mol. The summed E-state index contributed by atoms with van der Waals surface area (Å²) in [4.78, 5) is 22.9. The number of phosphoric ester groups is 2. The average molecular weight is 426 g/mol. The van der Waals surface area contributed by atoms with Crippen molar-refractivity contribution in [2.75, 3.05) is 26.4 Å². The molecule has 0 amide bonds. The predicted molar refractivity (Wildman–Crippen MR) is 95.9 cm³/mol. The topological polar surface area (TPSA) is 210 Å². The van der Waals surface area contributed by atoms with Gasteiger partial charge in [-0.05, 0) is 11.8 Å². The molecule has 4 unspecified atom stereocenters. The van der Waals surface area contributed by atoms with Crippen LogP contribution >= 0.6 is 15.6 Å². The van der Waals surface area contributed by atoms with Crippen LogP contribution in [0.2, 0.25) is 0 Å². The summed E-state index contributed by atoms with van der Waals surface area (Å²) < 4.78 is 41.2. The minimum atomic E-state index is -4.55. The lowest BCUT2D eigenvalue weighted by Crippen LogP contribution is -2.25. The fourth-order valence-corrected chi connectivity index (χ4v) is 2.88. The second-order valence-corrected chi connectivity index (χ2v) is 8.58. The van der Waals surface area contributed by atoms with Crippen LogP contribution < -0.4 is 22.1 Å². The van der Waals surface area contributed by atoms with Crippen LogP contribution in [0, 0.1) is 11.8 Å². The Bertz CT molecular complexity index is 404. The highest BCUT2D eigenvalue weighted by atomic mass is 31.2. The Morgan fingerprint density at radius 2 is 1.04 bits per heavy atom. The molecule has 4 atom stereocenters. The minimum absolute atomic E-state index is 0. The third kappa shape index (κ3) is 16.3. The fourth-order valence-electron chi connectivity index (χ4n) is 1.15. The Morgan fingerprint density at radius 3 is 1.31 bits per heavy atom. The third-order valence-electron chi connectivity index (χ3n) is 3.28. The zero-order chi connectivity index (χ0) is 18.8. The maximum atomic E-state index is 11.5. The molecule has 0 bridgehead atoms. The molecule has 0 heterocycles. The molecule has 0 aromatic heterocycles. The zero-order valence-electron chi connectivity index (χ0n) is 16.6. The van der Waals surface area contributed by atoms with Crippen LogP contribution in [0.3, 0.4) is 0 Å². The van der Waals surface area contributed by atoms with E-state index in [9.17, 15) is 24.0 Å². The van der Waals surface area contributed by atoms with E-state index in [0.29, 0.717) is 0 Å². The first kappa shape index (κ1) is 30.8. The first-order valence-corrected chi connectivity index (χ1v) is 10.8. The van der Waals surface area contributed by atoms with E-state index in [-0.39, 0.29) is 37.4 Å². The molecule has 9 N–H and O–H groups in total. The quantitative estimate of drug-likeness (QED) is 0.347. The summed E-state index contributed by atoms with van der Waals surface area (Å²) in [5.41, 5.74) is 0. The van der Waals surface area contributed by atoms with Gasteiger partial charge in [0.2, 0.25) is 0 Å². The molecule has 13 heteroatoms. The third-order valence-corrected chi connectivity index (χ3v) is 5.14. The number of hydrogen-bond acceptors (Lipinski definition) is 9. The molecule has 0 fully saturated rings. The van der Waals surface area contributed by atoms with Crippen LogP contribution in [0.5, 0.6) is 0 Å². The Morgan fingerprint density at radius 1 is 0.769 bits per heavy atom. The normalized spacial score (nSPS) is 19.2. The van der Waals surface area contributed by atoms with Gasteiger partial charge in [-0.15, -0.1) is 0 Å². The second-order valence-electron chi connectivity index (χ2n) is 5.76. The largest absolute Gasteiger partial charge is 0.756 e. The summed E-state index contributed by atoms with van der Waals surface area (Å²) in [7, 11) is -9.10. The number of phosphoric acid groups is 2. The van der Waals surface area contributed by atoms with Crippen molar-refractivity contribution in [2.24, 2.45) is 11.8 Å². The van der Waals surface area contributed by atoms with Crippen molar-refractivity contribution < 1.29 is 42.1 Å². The molecule has 0 aromatic rings. The van der Waals surface area contributed by atoms with Crippen LogP contribution in [-0.2, 0) is 27.2 Å². The molecular formula is C13H36N2O9P2. The summed E-state index contributed by atoms with van der Waals surface area (Å²) in [6, 6.07) is 0. The molecule has 0 spiro atoms. The number of hydrogen-bond donors (Lipinski definition) is 3. The average Bonchev–Trinajstić information content (AvgIpc) is 2.54. The van der Waals surface area contributed by atoms with Crippen LogP contribution in [-0.4, -0.2) is 37.6 Å². The van der Waals surface area contributed by atoms with Gasteiger partial charge in [0.05, 0.1) is 26.4 Å². The van der Waals surface area contributed by atoms with Gasteiger partial charge in [0.25, 0.3) is 15.6 Å². The van der Waals surface area contributed by atoms with E-state index >= 15 is 0 Å². The zero-order valence-corrected chi connectivity index (χ0v) is 18.4. The summed E-state index contributed by atoms with van der Waals surface area (Å²) in [6.45, 7) is 6.00. The molecule has 0 aromatic carbocycles. The molecule has 0 rings (SSSR count). The molecule has 11 nitrogen and oxygen atoms in total. The van der Waals surface area contributed by atoms with E-state index in [2.05, 4.69) is 18.1 Å². The summed E-state index contributed by atoms with van der Waals surface area (Å²) in [6.07, 6.45) is 0.0200. The van der Waals surface area contributed by atoms with Crippen molar-refractivity contribution in [1.29, 1.82) is 0 Å². The van der Waals surface area contributed by atoms with Crippen LogP contribution in [0.15, 0.2) is 0 Å². The number of quaternary nitrogens is 2. The first-order chi connectivity index (χ1) is 11.0. The van der Waals surface area contributed by atoms with Gasteiger partial charge in [-0.2, -0.15) is 0 Å². The van der Waals surface area contributed by atoms with Crippen molar-refractivity contribution in [3.63, 3.8) is 0 Å². The van der Waals surface area contributed by atoms with Gasteiger partial charge in [0, 0.05) is 0 Å². The van der Waals surface area contributed by atoms with Gasteiger partial charge >= 0.3 is 0 Å². The van der Waals surface area contributed by atoms with Crippen LogP contribution in [0.4, 0.5) is 0 Å². The maximum Gasteiger partial charge on any atom is 0.267 e. The van der Waals surface area contributed by atoms with E-state index in [1.165, 1.54) is 0 Å². The molecule has 0 aliphatic heterocycles. The molecule has 26 heavy (non-hydrogen) atoms. The second kappa shape index (κ2) is 15.1. The molecular weight excluding hydrogens is 390 g/mol. The lowest BCUT2D eigenvalue weighted by molar-refractivity contribution is -0.231. The van der Waals surface area contributed by atoms with E-state index in [4.69, 9.17) is 0 Å². The standard InChI is InChI=1S/C13H30O9P2.2H3N/c1-5-11(3)7-19-23(15,16)21-9-13(14)10-22-24(17,18)20-8-12(4)6-2;;/h11-14H,5-10H2,1-4H3,(H,15,16)(H,17,18);2*1H3. The van der Waals surface area contributed by atoms with E-state index < -0.39 is 35.0 Å². The number of rotatable bonds is 14. The van der Waals surface area contributed by atoms with Crippen LogP contribution in [0.25, 0.3) is 0 Å². The van der Waals surface area contributed by atoms with Gasteiger partial charge < -0.3 is 45.3 Å². The van der Waals surface area contributed by atoms with Gasteiger partial charge in [-0.25, -0.2) is 0 Å². The van der Waals surface area contributed by atoms with E-state index in [1.807, 2.05) is 27.7 Å². The van der Waals surface area contributed by atoms with E-state index in [0.717, 1.165) is 12.8 Å². The molecule has 0 aliphatic carbocycles. The van der Waals surface area contributed by atoms with Gasteiger partial charge in [-0.3, -0.25) is 9.13 Å². The maximum absolute atomic E-state index is 11.5. The van der Waals surface area contributed by atoms with E-state index in [1.54, 1.807) is 0 Å². The Kier molecular flexibility index (Phi) is 17.9. The van der Waals surface area contributed by atoms with Crippen molar-refractivity contribution in [2.45, 2.75) is 46.6 Å². The Balaban J connectivity index is -0.00000264. The molecule has 0 radical (unpaired) electrons. The van der Waals surface area contributed by atoms with Crippen molar-refractivity contribution in [1.82, 2.24) is 12.3 Å². The van der Waals surface area contributed by atoms with Gasteiger partial charge in [0.1, 0.15) is 6.10 Å². The fraction of sp³-hybridized carbons (Fsp3) is 1.00. The van der Waals surface area contributed by atoms with Crippen LogP contribution in [0.1, 0.15) is 40.5 Å². The number of aliphatic hydroxyl groups is 1. The Hall–Kier alpha value is 0.1000. The smallest absolute Gasteiger partial charge is 0.267 e. The molecule has 0 aliphatic rings. The minimum Gasteiger partial charge on any atom is -0.756 e. The van der Waals surface area contributed by atoms with Crippen molar-refractivity contribution in [3.05, 3.63) is 0 Å². The summed E-state index contributed by atoms with van der Waals surface area (Å²) in [5.74, 6) is 0.0799.